The first-order chi connectivity index (χ1) is 20.5. The molecule has 0 aliphatic rings. The topological polar surface area (TPSA) is 140 Å². The smallest absolute Gasteiger partial charge is 0.343 e. The maximum absolute atomic E-state index is 12.8. The summed E-state index contributed by atoms with van der Waals surface area (Å²) in [7, 11) is -3.91. The number of esters is 2. The normalized spacial score (nSPS) is 11.2. The Kier molecular flexibility index (Phi) is 10.3. The van der Waals surface area contributed by atoms with E-state index in [0.717, 1.165) is 5.56 Å². The molecule has 0 fully saturated rings. The van der Waals surface area contributed by atoms with Gasteiger partial charge in [-0.2, -0.15) is 5.10 Å². The van der Waals surface area contributed by atoms with E-state index in [-0.39, 0.29) is 33.1 Å². The van der Waals surface area contributed by atoms with Gasteiger partial charge in [-0.05, 0) is 79.7 Å². The van der Waals surface area contributed by atoms with Crippen molar-refractivity contribution < 1.29 is 32.3 Å². The number of rotatable bonds is 10. The highest BCUT2D eigenvalue weighted by atomic mass is 35.5. The van der Waals surface area contributed by atoms with Crippen molar-refractivity contribution in [1.29, 1.82) is 0 Å². The van der Waals surface area contributed by atoms with Gasteiger partial charge in [0.25, 0.3) is 5.91 Å². The van der Waals surface area contributed by atoms with Gasteiger partial charge < -0.3 is 9.47 Å². The Hall–Kier alpha value is -4.55. The number of hydrogen-bond acceptors (Lipinski definition) is 8. The van der Waals surface area contributed by atoms with Gasteiger partial charge in [0.05, 0.1) is 28.8 Å². The molecule has 0 saturated heterocycles. The van der Waals surface area contributed by atoms with Crippen LogP contribution in [-0.4, -0.2) is 39.0 Å². The maximum atomic E-state index is 12.8. The molecular formula is C30H23Cl2N3O7S. The van der Waals surface area contributed by atoms with Gasteiger partial charge in [-0.15, -0.1) is 0 Å². The maximum Gasteiger partial charge on any atom is 0.343 e. The molecule has 1 amide bonds. The monoisotopic (exact) mass is 639 g/mol. The number of nitrogens with one attached hydrogen (secondary N) is 2. The lowest BCUT2D eigenvalue weighted by Crippen LogP contribution is -2.34. The van der Waals surface area contributed by atoms with Crippen molar-refractivity contribution in [3.8, 4) is 11.5 Å². The molecule has 13 heteroatoms. The van der Waals surface area contributed by atoms with Crippen LogP contribution in [0.15, 0.2) is 101 Å². The Morgan fingerprint density at radius 1 is 0.791 bits per heavy atom. The van der Waals surface area contributed by atoms with E-state index in [4.69, 9.17) is 32.7 Å². The van der Waals surface area contributed by atoms with Gasteiger partial charge in [0.15, 0.2) is 0 Å². The zero-order valence-corrected chi connectivity index (χ0v) is 24.7. The van der Waals surface area contributed by atoms with Gasteiger partial charge >= 0.3 is 11.9 Å². The largest absolute Gasteiger partial charge is 0.423 e. The zero-order chi connectivity index (χ0) is 31.0. The van der Waals surface area contributed by atoms with Gasteiger partial charge in [-0.25, -0.2) is 28.2 Å². The molecule has 0 spiro atoms. The second-order valence-electron chi connectivity index (χ2n) is 8.92. The van der Waals surface area contributed by atoms with Crippen LogP contribution in [0.4, 0.5) is 0 Å². The number of carbonyl (C=O) groups excluding carboxylic acids is 3. The fourth-order valence-corrected chi connectivity index (χ4v) is 4.68. The lowest BCUT2D eigenvalue weighted by molar-refractivity contribution is -0.119. The van der Waals surface area contributed by atoms with E-state index in [2.05, 4.69) is 15.2 Å². The molecule has 0 heterocycles. The number of sulfonamides is 1. The van der Waals surface area contributed by atoms with E-state index in [1.165, 1.54) is 72.9 Å². The third-order valence-corrected chi connectivity index (χ3v) is 7.63. The average Bonchev–Trinajstić information content (AvgIpc) is 2.98. The Bertz CT molecular complexity index is 1780. The van der Waals surface area contributed by atoms with Crippen molar-refractivity contribution >= 4 is 57.3 Å². The second-order valence-corrected chi connectivity index (χ2v) is 11.6. The zero-order valence-electron chi connectivity index (χ0n) is 22.4. The summed E-state index contributed by atoms with van der Waals surface area (Å²) in [4.78, 5) is 37.6. The predicted molar refractivity (Wildman–Crippen MR) is 161 cm³/mol. The molecule has 4 aromatic rings. The van der Waals surface area contributed by atoms with E-state index in [9.17, 15) is 22.8 Å². The molecule has 2 N–H and O–H groups in total. The third kappa shape index (κ3) is 8.97. The molecule has 4 aromatic carbocycles. The van der Waals surface area contributed by atoms with Gasteiger partial charge in [0.1, 0.15) is 11.5 Å². The minimum atomic E-state index is -3.91. The van der Waals surface area contributed by atoms with E-state index >= 15 is 0 Å². The number of hydrazone groups is 1. The molecule has 0 bridgehead atoms. The van der Waals surface area contributed by atoms with Crippen LogP contribution < -0.4 is 19.6 Å². The molecule has 0 unspecified atom stereocenters. The number of carbonyl (C=O) groups is 3. The first-order valence-corrected chi connectivity index (χ1v) is 14.7. The highest BCUT2D eigenvalue weighted by Crippen LogP contribution is 2.26. The van der Waals surface area contributed by atoms with Crippen LogP contribution in [0.5, 0.6) is 11.5 Å². The fourth-order valence-electron chi connectivity index (χ4n) is 3.44. The lowest BCUT2D eigenvalue weighted by atomic mass is 10.2. The summed E-state index contributed by atoms with van der Waals surface area (Å²) in [5.74, 6) is -2.14. The van der Waals surface area contributed by atoms with E-state index < -0.39 is 34.4 Å². The number of nitrogens with zero attached hydrogens (tertiary/aromatic N) is 1. The van der Waals surface area contributed by atoms with E-state index in [1.807, 2.05) is 6.92 Å². The van der Waals surface area contributed by atoms with Gasteiger partial charge in [-0.3, -0.25) is 4.79 Å². The number of aryl methyl sites for hydroxylation is 1. The first-order valence-electron chi connectivity index (χ1n) is 12.5. The predicted octanol–water partition coefficient (Wildman–Crippen LogP) is 5.17. The summed E-state index contributed by atoms with van der Waals surface area (Å²) in [5.41, 5.74) is 3.77. The second kappa shape index (κ2) is 14.1. The van der Waals surface area contributed by atoms with Crippen molar-refractivity contribution in [2.75, 3.05) is 6.54 Å². The SMILES string of the molecule is Cc1ccc(S(=O)(=O)NCC(=O)NN=Cc2ccc(OC(=O)c3ccc(Cl)cc3)cc2OC(=O)c2ccc(Cl)cc2)cc1. The standard InChI is InChI=1S/C30H23Cl2N3O7S/c1-19-2-14-26(15-3-19)43(39,40)34-18-28(36)35-33-17-22-8-13-25(41-29(37)20-4-9-23(31)10-5-20)16-27(22)42-30(38)21-6-11-24(32)12-7-21/h2-17,34H,18H2,1H3,(H,35,36). The van der Waals surface area contributed by atoms with Crippen LogP contribution in [0, 0.1) is 6.92 Å². The van der Waals surface area contributed by atoms with Gasteiger partial charge in [-0.1, -0.05) is 40.9 Å². The van der Waals surface area contributed by atoms with Crippen LogP contribution in [-0.2, 0) is 14.8 Å². The molecule has 0 aliphatic carbocycles. The van der Waals surface area contributed by atoms with Crippen LogP contribution >= 0.6 is 23.2 Å². The molecule has 43 heavy (non-hydrogen) atoms. The van der Waals surface area contributed by atoms with Crippen molar-refractivity contribution in [2.45, 2.75) is 11.8 Å². The minimum Gasteiger partial charge on any atom is -0.423 e. The van der Waals surface area contributed by atoms with Crippen molar-refractivity contribution in [3.05, 3.63) is 123 Å². The summed E-state index contributed by atoms with van der Waals surface area (Å²) < 4.78 is 38.0. The summed E-state index contributed by atoms with van der Waals surface area (Å²) in [6.07, 6.45) is 1.18. The summed E-state index contributed by atoms with van der Waals surface area (Å²) in [5, 5.41) is 4.72. The van der Waals surface area contributed by atoms with Gasteiger partial charge in [0, 0.05) is 21.7 Å². The molecule has 10 nitrogen and oxygen atoms in total. The van der Waals surface area contributed by atoms with Crippen LogP contribution in [0.2, 0.25) is 10.0 Å². The van der Waals surface area contributed by atoms with Gasteiger partial charge in [0.2, 0.25) is 10.0 Å². The van der Waals surface area contributed by atoms with E-state index in [1.54, 1.807) is 24.3 Å². The number of amides is 1. The van der Waals surface area contributed by atoms with Crippen LogP contribution in [0.1, 0.15) is 31.8 Å². The highest BCUT2D eigenvalue weighted by molar-refractivity contribution is 7.89. The third-order valence-electron chi connectivity index (χ3n) is 5.70. The summed E-state index contributed by atoms with van der Waals surface area (Å²) in [6, 6.07) is 22.4. The molecule has 0 saturated carbocycles. The summed E-state index contributed by atoms with van der Waals surface area (Å²) >= 11 is 11.8. The molecule has 0 atom stereocenters. The Labute approximate surface area is 257 Å². The van der Waals surface area contributed by atoms with E-state index in [0.29, 0.717) is 10.0 Å². The molecule has 0 aromatic heterocycles. The highest BCUT2D eigenvalue weighted by Gasteiger charge is 2.17. The summed E-state index contributed by atoms with van der Waals surface area (Å²) in [6.45, 7) is 1.24. The van der Waals surface area contributed by atoms with Crippen molar-refractivity contribution in [1.82, 2.24) is 10.1 Å². The molecular weight excluding hydrogens is 617 g/mol. The van der Waals surface area contributed by atoms with Crippen LogP contribution in [0.3, 0.4) is 0 Å². The molecule has 4 rings (SSSR count). The number of ether oxygens (including phenoxy) is 2. The van der Waals surface area contributed by atoms with Crippen LogP contribution in [0.25, 0.3) is 0 Å². The fraction of sp³-hybridized carbons (Fsp3) is 0.0667. The molecule has 220 valence electrons. The number of hydrogen-bond donors (Lipinski definition) is 2. The van der Waals surface area contributed by atoms with Crippen molar-refractivity contribution in [3.63, 3.8) is 0 Å². The Balaban J connectivity index is 1.47. The Morgan fingerprint density at radius 2 is 1.35 bits per heavy atom. The first kappa shape index (κ1) is 31.4. The van der Waals surface area contributed by atoms with Crippen molar-refractivity contribution in [2.24, 2.45) is 5.10 Å². The quantitative estimate of drug-likeness (QED) is 0.106. The molecule has 0 aliphatic heterocycles. The minimum absolute atomic E-state index is 0.0124. The molecule has 0 radical (unpaired) electrons. The Morgan fingerprint density at radius 3 is 1.93 bits per heavy atom. The number of benzene rings is 4. The lowest BCUT2D eigenvalue weighted by Gasteiger charge is -2.11. The average molecular weight is 641 g/mol. The number of halogens is 2.